The van der Waals surface area contributed by atoms with Crippen molar-refractivity contribution in [1.82, 2.24) is 4.98 Å². The molecule has 2 nitrogen and oxygen atoms in total. The van der Waals surface area contributed by atoms with E-state index in [4.69, 9.17) is 11.6 Å². The average Bonchev–Trinajstić information content (AvgIpc) is 2.81. The third-order valence-corrected chi connectivity index (χ3v) is 3.63. The lowest BCUT2D eigenvalue weighted by Gasteiger charge is -2.18. The summed E-state index contributed by atoms with van der Waals surface area (Å²) in [6.45, 7) is 4.39. The van der Waals surface area contributed by atoms with E-state index in [2.05, 4.69) is 35.0 Å². The molecule has 0 saturated carbocycles. The van der Waals surface area contributed by atoms with E-state index in [-0.39, 0.29) is 0 Å². The first-order chi connectivity index (χ1) is 8.24. The molecule has 0 atom stereocenters. The van der Waals surface area contributed by atoms with Crippen LogP contribution in [0.5, 0.6) is 0 Å². The quantitative estimate of drug-likeness (QED) is 0.712. The zero-order valence-corrected chi connectivity index (χ0v) is 10.7. The molecular formula is C14H15ClN2. The maximum absolute atomic E-state index is 6.01. The van der Waals surface area contributed by atoms with Gasteiger partial charge in [0.2, 0.25) is 0 Å². The fourth-order valence-electron chi connectivity index (χ4n) is 2.52. The third kappa shape index (κ3) is 1.98. The van der Waals surface area contributed by atoms with Crippen LogP contribution in [-0.4, -0.2) is 18.1 Å². The highest BCUT2D eigenvalue weighted by molar-refractivity contribution is 6.29. The minimum atomic E-state index is 0.577. The van der Waals surface area contributed by atoms with Crippen molar-refractivity contribution in [2.24, 2.45) is 0 Å². The molecule has 0 aliphatic carbocycles. The maximum Gasteiger partial charge on any atom is 0.130 e. The SMILES string of the molecule is Cc1cc(Cl)nc2cc(N3CCCC3)ccc12. The fourth-order valence-corrected chi connectivity index (χ4v) is 2.78. The second-order valence-electron chi connectivity index (χ2n) is 4.66. The highest BCUT2D eigenvalue weighted by atomic mass is 35.5. The largest absolute Gasteiger partial charge is 0.371 e. The van der Waals surface area contributed by atoms with Gasteiger partial charge < -0.3 is 4.90 Å². The molecule has 0 radical (unpaired) electrons. The number of benzene rings is 1. The second kappa shape index (κ2) is 4.19. The van der Waals surface area contributed by atoms with Crippen molar-refractivity contribution in [3.05, 3.63) is 35.0 Å². The lowest BCUT2D eigenvalue weighted by Crippen LogP contribution is -2.17. The molecule has 0 spiro atoms. The van der Waals surface area contributed by atoms with Crippen LogP contribution in [0.3, 0.4) is 0 Å². The van der Waals surface area contributed by atoms with Crippen molar-refractivity contribution in [3.8, 4) is 0 Å². The molecule has 1 saturated heterocycles. The number of aromatic nitrogens is 1. The molecule has 0 N–H and O–H groups in total. The standard InChI is InChI=1S/C14H15ClN2/c1-10-8-14(15)16-13-9-11(4-5-12(10)13)17-6-2-3-7-17/h4-5,8-9H,2-3,6-7H2,1H3. The number of anilines is 1. The number of halogens is 1. The third-order valence-electron chi connectivity index (χ3n) is 3.44. The van der Waals surface area contributed by atoms with Crippen LogP contribution in [0.4, 0.5) is 5.69 Å². The predicted molar refractivity (Wildman–Crippen MR) is 72.9 cm³/mol. The lowest BCUT2D eigenvalue weighted by atomic mass is 10.1. The molecule has 1 aliphatic heterocycles. The lowest BCUT2D eigenvalue weighted by molar-refractivity contribution is 0.949. The molecule has 2 aromatic rings. The van der Waals surface area contributed by atoms with Crippen LogP contribution in [-0.2, 0) is 0 Å². The zero-order valence-electron chi connectivity index (χ0n) is 9.91. The highest BCUT2D eigenvalue weighted by Crippen LogP contribution is 2.27. The van der Waals surface area contributed by atoms with Crippen LogP contribution in [0.2, 0.25) is 5.15 Å². The normalized spacial score (nSPS) is 15.8. The molecule has 1 aromatic carbocycles. The Morgan fingerprint density at radius 1 is 1.18 bits per heavy atom. The maximum atomic E-state index is 6.01. The van der Waals surface area contributed by atoms with Gasteiger partial charge in [-0.3, -0.25) is 0 Å². The van der Waals surface area contributed by atoms with Crippen LogP contribution >= 0.6 is 11.6 Å². The molecule has 1 aliphatic rings. The van der Waals surface area contributed by atoms with E-state index in [9.17, 15) is 0 Å². The molecule has 0 bridgehead atoms. The minimum absolute atomic E-state index is 0.577. The summed E-state index contributed by atoms with van der Waals surface area (Å²) in [5, 5.41) is 1.77. The van der Waals surface area contributed by atoms with Crippen molar-refractivity contribution in [2.75, 3.05) is 18.0 Å². The van der Waals surface area contributed by atoms with Crippen LogP contribution in [0.15, 0.2) is 24.3 Å². The van der Waals surface area contributed by atoms with Crippen LogP contribution < -0.4 is 4.90 Å². The fraction of sp³-hybridized carbons (Fsp3) is 0.357. The Hall–Kier alpha value is -1.28. The van der Waals surface area contributed by atoms with Gasteiger partial charge in [-0.2, -0.15) is 0 Å². The van der Waals surface area contributed by atoms with Gasteiger partial charge in [0.25, 0.3) is 0 Å². The monoisotopic (exact) mass is 246 g/mol. The highest BCUT2D eigenvalue weighted by Gasteiger charge is 2.13. The van der Waals surface area contributed by atoms with Gasteiger partial charge in [-0.1, -0.05) is 17.7 Å². The van der Waals surface area contributed by atoms with Crippen molar-refractivity contribution < 1.29 is 0 Å². The molecule has 0 amide bonds. The van der Waals surface area contributed by atoms with E-state index < -0.39 is 0 Å². The predicted octanol–water partition coefficient (Wildman–Crippen LogP) is 3.80. The van der Waals surface area contributed by atoms with E-state index in [0.717, 1.165) is 18.6 Å². The Balaban J connectivity index is 2.11. The first kappa shape index (κ1) is 10.8. The second-order valence-corrected chi connectivity index (χ2v) is 5.04. The Kier molecular flexibility index (Phi) is 2.67. The first-order valence-corrected chi connectivity index (χ1v) is 6.44. The van der Waals surface area contributed by atoms with Gasteiger partial charge in [0, 0.05) is 24.2 Å². The van der Waals surface area contributed by atoms with Crippen LogP contribution in [0, 0.1) is 6.92 Å². The summed E-state index contributed by atoms with van der Waals surface area (Å²) in [7, 11) is 0. The molecule has 0 unspecified atom stereocenters. The van der Waals surface area contributed by atoms with Crippen molar-refractivity contribution in [3.63, 3.8) is 0 Å². The summed E-state index contributed by atoms with van der Waals surface area (Å²) < 4.78 is 0. The van der Waals surface area contributed by atoms with Gasteiger partial charge in [0.05, 0.1) is 5.52 Å². The summed E-state index contributed by atoms with van der Waals surface area (Å²) in [4.78, 5) is 6.82. The molecule has 3 rings (SSSR count). The summed E-state index contributed by atoms with van der Waals surface area (Å²) in [5.41, 5.74) is 3.46. The van der Waals surface area contributed by atoms with Gasteiger partial charge in [0.1, 0.15) is 5.15 Å². The average molecular weight is 247 g/mol. The summed E-state index contributed by atoms with van der Waals surface area (Å²) in [6, 6.07) is 8.41. The Labute approximate surface area is 106 Å². The minimum Gasteiger partial charge on any atom is -0.371 e. The number of hydrogen-bond donors (Lipinski definition) is 0. The topological polar surface area (TPSA) is 16.1 Å². The summed E-state index contributed by atoms with van der Waals surface area (Å²) in [5.74, 6) is 0. The van der Waals surface area contributed by atoms with E-state index in [1.54, 1.807) is 0 Å². The van der Waals surface area contributed by atoms with E-state index >= 15 is 0 Å². The molecular weight excluding hydrogens is 232 g/mol. The Morgan fingerprint density at radius 3 is 2.71 bits per heavy atom. The van der Waals surface area contributed by atoms with Gasteiger partial charge in [-0.05, 0) is 43.5 Å². The van der Waals surface area contributed by atoms with Crippen molar-refractivity contribution >= 4 is 28.2 Å². The number of hydrogen-bond acceptors (Lipinski definition) is 2. The smallest absolute Gasteiger partial charge is 0.130 e. The van der Waals surface area contributed by atoms with Crippen molar-refractivity contribution in [2.45, 2.75) is 19.8 Å². The molecule has 2 heterocycles. The van der Waals surface area contributed by atoms with Crippen LogP contribution in [0.25, 0.3) is 10.9 Å². The van der Waals surface area contributed by atoms with E-state index in [0.29, 0.717) is 5.15 Å². The zero-order chi connectivity index (χ0) is 11.8. The molecule has 1 fully saturated rings. The van der Waals surface area contributed by atoms with Gasteiger partial charge in [-0.15, -0.1) is 0 Å². The number of nitrogens with zero attached hydrogens (tertiary/aromatic N) is 2. The van der Waals surface area contributed by atoms with Gasteiger partial charge in [-0.25, -0.2) is 4.98 Å². The first-order valence-electron chi connectivity index (χ1n) is 6.06. The Morgan fingerprint density at radius 2 is 1.94 bits per heavy atom. The number of aryl methyl sites for hydroxylation is 1. The van der Waals surface area contributed by atoms with Crippen molar-refractivity contribution in [1.29, 1.82) is 0 Å². The molecule has 17 heavy (non-hydrogen) atoms. The molecule has 3 heteroatoms. The van der Waals surface area contributed by atoms with Gasteiger partial charge >= 0.3 is 0 Å². The molecule has 1 aromatic heterocycles. The summed E-state index contributed by atoms with van der Waals surface area (Å²) in [6.07, 6.45) is 2.58. The van der Waals surface area contributed by atoms with Gasteiger partial charge in [0.15, 0.2) is 0 Å². The number of fused-ring (bicyclic) bond motifs is 1. The molecule has 88 valence electrons. The Bertz CT molecular complexity index is 559. The number of pyridine rings is 1. The van der Waals surface area contributed by atoms with Crippen LogP contribution in [0.1, 0.15) is 18.4 Å². The van der Waals surface area contributed by atoms with E-state index in [1.165, 1.54) is 29.5 Å². The summed E-state index contributed by atoms with van der Waals surface area (Å²) >= 11 is 6.01. The van der Waals surface area contributed by atoms with E-state index in [1.807, 2.05) is 6.07 Å². The number of rotatable bonds is 1.